The van der Waals surface area contributed by atoms with Crippen molar-refractivity contribution in [3.8, 4) is 0 Å². The third-order valence-electron chi connectivity index (χ3n) is 19.8. The Kier molecular flexibility index (Phi) is 11.2. The second-order valence-electron chi connectivity index (χ2n) is 24.2. The number of halogens is 10. The summed E-state index contributed by atoms with van der Waals surface area (Å²) in [7, 11) is -6.17. The van der Waals surface area contributed by atoms with E-state index in [-0.39, 0.29) is 75.9 Å². The molecule has 0 aromatic carbocycles. The molecule has 1 N–H and O–H groups in total. The summed E-state index contributed by atoms with van der Waals surface area (Å²) in [4.78, 5) is 41.6. The first-order valence-corrected chi connectivity index (χ1v) is 26.7. The van der Waals surface area contributed by atoms with E-state index in [0.717, 1.165) is 0 Å². The molecule has 3 aliphatic heterocycles. The second-order valence-corrected chi connectivity index (χ2v) is 25.7. The molecule has 0 amide bonds. The zero-order chi connectivity index (χ0) is 52.0. The van der Waals surface area contributed by atoms with Gasteiger partial charge in [0.25, 0.3) is 0 Å². The van der Waals surface area contributed by atoms with Crippen LogP contribution in [-0.4, -0.2) is 135 Å². The number of hydrogen-bond donors (Lipinski definition) is 1. The number of esters is 3. The van der Waals surface area contributed by atoms with Crippen LogP contribution in [0.1, 0.15) is 96.3 Å². The summed E-state index contributed by atoms with van der Waals surface area (Å²) in [5, 5.41) is -5.24. The summed E-state index contributed by atoms with van der Waals surface area (Å²) in [5.74, 6) is -31.9. The van der Waals surface area contributed by atoms with Gasteiger partial charge >= 0.3 is 57.0 Å². The molecule has 0 aromatic rings. The third kappa shape index (κ3) is 7.47. The third-order valence-corrected chi connectivity index (χ3v) is 20.7. The van der Waals surface area contributed by atoms with Crippen LogP contribution in [0.5, 0.6) is 0 Å². The van der Waals surface area contributed by atoms with E-state index < -0.39 is 171 Å². The van der Waals surface area contributed by atoms with Gasteiger partial charge in [-0.05, 0) is 114 Å². The fourth-order valence-electron chi connectivity index (χ4n) is 17.1. The molecule has 73 heavy (non-hydrogen) atoms. The van der Waals surface area contributed by atoms with E-state index in [1.807, 2.05) is 0 Å². The van der Waals surface area contributed by atoms with Gasteiger partial charge in [-0.1, -0.05) is 0 Å². The Balaban J connectivity index is 0.776. The van der Waals surface area contributed by atoms with Crippen molar-refractivity contribution in [1.82, 2.24) is 0 Å². The average Bonchev–Trinajstić information content (AvgIpc) is 3.46. The molecule has 12 aliphatic carbocycles. The molecule has 8 unspecified atom stereocenters. The smallest absolute Gasteiger partial charge is 0.465 e. The normalized spacial score (nSPS) is 46.5. The monoisotopic (exact) mass is 1080 g/mol. The Morgan fingerprint density at radius 2 is 0.890 bits per heavy atom. The van der Waals surface area contributed by atoms with Crippen LogP contribution in [0, 0.1) is 70.0 Å². The highest BCUT2D eigenvalue weighted by molar-refractivity contribution is 7.87. The maximum atomic E-state index is 14.6. The van der Waals surface area contributed by atoms with E-state index >= 15 is 0 Å². The Hall–Kier alpha value is -2.62. The van der Waals surface area contributed by atoms with Crippen molar-refractivity contribution in [1.29, 1.82) is 0 Å². The zero-order valence-electron chi connectivity index (χ0n) is 39.3. The summed E-state index contributed by atoms with van der Waals surface area (Å²) in [6.45, 7) is -7.22. The fourth-order valence-corrected chi connectivity index (χ4v) is 17.3. The molecule has 15 fully saturated rings. The lowest BCUT2D eigenvalue weighted by Crippen LogP contribution is -2.70. The summed E-state index contributed by atoms with van der Waals surface area (Å²) in [6, 6.07) is 0. The van der Waals surface area contributed by atoms with Crippen molar-refractivity contribution in [2.24, 2.45) is 70.0 Å². The molecule has 8 atom stereocenters. The van der Waals surface area contributed by atoms with Gasteiger partial charge in [-0.3, -0.25) is 14.1 Å². The molecule has 26 heteroatoms. The second kappa shape index (κ2) is 16.0. The number of carbonyl (C=O) groups excluding carboxylic acids is 3. The van der Waals surface area contributed by atoms with Crippen LogP contribution in [0.2, 0.25) is 0 Å². The van der Waals surface area contributed by atoms with Gasteiger partial charge in [-0.15, -0.1) is 0 Å². The summed E-state index contributed by atoms with van der Waals surface area (Å²) < 4.78 is 231. The van der Waals surface area contributed by atoms with Gasteiger partial charge in [0.15, 0.2) is 17.4 Å². The van der Waals surface area contributed by atoms with Gasteiger partial charge in [0.05, 0.1) is 24.0 Å². The highest BCUT2D eigenvalue weighted by atomic mass is 32.2. The molecule has 15 aliphatic rings. The van der Waals surface area contributed by atoms with Gasteiger partial charge in [-0.25, -0.2) is 4.79 Å². The highest BCUT2D eigenvalue weighted by Crippen LogP contribution is 2.69. The number of hydrogen-bond acceptors (Lipinski definition) is 14. The van der Waals surface area contributed by atoms with E-state index in [1.165, 1.54) is 0 Å². The minimum absolute atomic E-state index is 0.0336. The summed E-state index contributed by atoms with van der Waals surface area (Å²) in [5.41, 5.74) is -3.88. The Morgan fingerprint density at radius 1 is 0.521 bits per heavy atom. The average molecular weight is 1080 g/mol. The van der Waals surface area contributed by atoms with Crippen LogP contribution in [0.4, 0.5) is 43.9 Å². The first-order chi connectivity index (χ1) is 33.9. The molecule has 12 bridgehead atoms. The minimum atomic E-state index is -6.17. The fraction of sp³-hybridized carbons (Fsp3) is 0.936. The van der Waals surface area contributed by atoms with Crippen molar-refractivity contribution in [3.63, 3.8) is 0 Å². The van der Waals surface area contributed by atoms with Gasteiger partial charge in [0, 0.05) is 41.4 Å². The molecule has 12 saturated carbocycles. The number of carbonyl (C=O) groups is 3. The van der Waals surface area contributed by atoms with Gasteiger partial charge in [-0.2, -0.15) is 52.3 Å². The van der Waals surface area contributed by atoms with Gasteiger partial charge in [0.2, 0.25) is 0 Å². The van der Waals surface area contributed by atoms with Gasteiger partial charge < -0.3 is 42.6 Å². The molecule has 0 radical (unpaired) electrons. The van der Waals surface area contributed by atoms with E-state index in [4.69, 9.17) is 47.2 Å². The molecule has 0 aromatic heterocycles. The van der Waals surface area contributed by atoms with Crippen LogP contribution in [0.25, 0.3) is 0 Å². The molecular formula is C47H56F10O15S. The molecule has 3 saturated heterocycles. The topological polar surface area (TPSA) is 189 Å². The lowest BCUT2D eigenvalue weighted by molar-refractivity contribution is -0.403. The van der Waals surface area contributed by atoms with Crippen molar-refractivity contribution in [3.05, 3.63) is 0 Å². The molecule has 3 heterocycles. The van der Waals surface area contributed by atoms with E-state index in [0.29, 0.717) is 51.4 Å². The SMILES string of the molecule is O=C(OCC1COC2(OC1COC(=O)C13CC4CC(C1)C1(OCC(F)(F)C(F)(F)CO1)C(C4)C3)C1CC3CC2CC(OC(=O)C(F)(F)S(=O)(=O)O)(C3)C1)C12CC3CC(C1)C1(OCC(F)(F)C(F)(F)CO1)C(C3)C2. The number of rotatable bonds is 9. The first-order valence-electron chi connectivity index (χ1n) is 25.2. The van der Waals surface area contributed by atoms with Crippen molar-refractivity contribution < 1.29 is 114 Å². The summed E-state index contributed by atoms with van der Waals surface area (Å²) >= 11 is 0. The van der Waals surface area contributed by atoms with E-state index in [9.17, 15) is 66.7 Å². The Labute approximate surface area is 411 Å². The van der Waals surface area contributed by atoms with Crippen molar-refractivity contribution >= 4 is 28.0 Å². The quantitative estimate of drug-likeness (QED) is 0.107. The van der Waals surface area contributed by atoms with Crippen LogP contribution < -0.4 is 0 Å². The predicted molar refractivity (Wildman–Crippen MR) is 219 cm³/mol. The molecular weight excluding hydrogens is 1030 g/mol. The number of alkyl halides is 10. The Morgan fingerprint density at radius 3 is 1.29 bits per heavy atom. The van der Waals surface area contributed by atoms with Crippen LogP contribution >= 0.6 is 0 Å². The van der Waals surface area contributed by atoms with Crippen LogP contribution in [0.15, 0.2) is 0 Å². The van der Waals surface area contributed by atoms with Crippen LogP contribution in [0.3, 0.4) is 0 Å². The van der Waals surface area contributed by atoms with Crippen LogP contribution in [-0.2, 0) is 67.1 Å². The largest absolute Gasteiger partial charge is 0.465 e. The standard InChI is InChI=1S/C47H56F10O15S/c48-40(49)19-67-44(68-20-41(40,50)51)27-1-23-2-28(44)11-37(7-23,10-27)34(58)64-16-26-17-66-46(31-5-25-6-32(46)15-39(9-25,14-31)72-36(60)47(56,57)73(61,62)63)71-33(26)18-65-35(59)38-8-24-3-29(12-38)45(30(4-24)13-38)69-21-42(52,53)43(54,55)22-70-45/h23-33H,1-22H2,(H,61,62,63). The predicted octanol–water partition coefficient (Wildman–Crippen LogP) is 7.08. The minimum Gasteiger partial charge on any atom is -0.465 e. The Bertz CT molecular complexity index is 2340. The molecule has 15 nitrogen and oxygen atoms in total. The highest BCUT2D eigenvalue weighted by Gasteiger charge is 2.74. The van der Waals surface area contributed by atoms with E-state index in [1.54, 1.807) is 0 Å². The number of ether oxygens (including phenoxy) is 9. The lowest BCUT2D eigenvalue weighted by Gasteiger charge is -2.65. The molecule has 3 spiro atoms. The maximum Gasteiger partial charge on any atom is 0.465 e. The maximum absolute atomic E-state index is 14.6. The van der Waals surface area contributed by atoms with Crippen molar-refractivity contribution in [2.75, 3.05) is 46.2 Å². The zero-order valence-corrected chi connectivity index (χ0v) is 40.1. The van der Waals surface area contributed by atoms with Crippen molar-refractivity contribution in [2.45, 2.75) is 154 Å². The lowest BCUT2D eigenvalue weighted by atomic mass is 9.47. The summed E-state index contributed by atoms with van der Waals surface area (Å²) in [6.07, 6.45) is 2.11. The van der Waals surface area contributed by atoms with E-state index in [2.05, 4.69) is 0 Å². The first kappa shape index (κ1) is 51.2. The molecule has 15 rings (SSSR count). The van der Waals surface area contributed by atoms with Gasteiger partial charge in [0.1, 0.15) is 44.7 Å². The molecule has 410 valence electrons.